The predicted octanol–water partition coefficient (Wildman–Crippen LogP) is 3.38. The second-order valence-electron chi connectivity index (χ2n) is 6.12. The van der Waals surface area contributed by atoms with E-state index in [0.29, 0.717) is 12.1 Å². The Morgan fingerprint density at radius 3 is 2.71 bits per heavy atom. The van der Waals surface area contributed by atoms with E-state index >= 15 is 0 Å². The molecule has 0 spiro atoms. The average molecular weight is 293 g/mol. The molecule has 0 saturated heterocycles. The van der Waals surface area contributed by atoms with Crippen molar-refractivity contribution in [3.63, 3.8) is 0 Å². The van der Waals surface area contributed by atoms with E-state index in [-0.39, 0.29) is 11.7 Å². The van der Waals surface area contributed by atoms with Crippen LogP contribution in [0.5, 0.6) is 0 Å². The summed E-state index contributed by atoms with van der Waals surface area (Å²) in [5, 5.41) is 12.6. The van der Waals surface area contributed by atoms with Crippen molar-refractivity contribution >= 4 is 5.97 Å². The van der Waals surface area contributed by atoms with E-state index in [0.717, 1.165) is 44.1 Å². The molecule has 0 heterocycles. The molecule has 1 aliphatic carbocycles. The monoisotopic (exact) mass is 293 g/mol. The largest absolute Gasteiger partial charge is 0.481 e. The van der Waals surface area contributed by atoms with Crippen molar-refractivity contribution in [1.82, 2.24) is 5.32 Å². The van der Waals surface area contributed by atoms with Gasteiger partial charge in [0.2, 0.25) is 0 Å². The highest BCUT2D eigenvalue weighted by atomic mass is 19.1. The Balaban J connectivity index is 1.70. The topological polar surface area (TPSA) is 49.3 Å². The van der Waals surface area contributed by atoms with Gasteiger partial charge in [0.25, 0.3) is 0 Å². The summed E-state index contributed by atoms with van der Waals surface area (Å²) < 4.78 is 13.1. The van der Waals surface area contributed by atoms with Gasteiger partial charge in [-0.15, -0.1) is 0 Å². The average Bonchev–Trinajstić information content (AvgIpc) is 2.46. The maximum atomic E-state index is 13.1. The SMILES string of the molecule is CC(CCc1cccc(F)c1)NC1CCC(C(=O)O)CC1. The number of carbonyl (C=O) groups is 1. The van der Waals surface area contributed by atoms with E-state index in [2.05, 4.69) is 12.2 Å². The highest BCUT2D eigenvalue weighted by molar-refractivity contribution is 5.70. The number of halogens is 1. The van der Waals surface area contributed by atoms with Gasteiger partial charge in [0.1, 0.15) is 5.82 Å². The van der Waals surface area contributed by atoms with Crippen LogP contribution in [0.3, 0.4) is 0 Å². The van der Waals surface area contributed by atoms with Crippen molar-refractivity contribution in [2.45, 2.75) is 57.5 Å². The highest BCUT2D eigenvalue weighted by Crippen LogP contribution is 2.25. The molecule has 0 radical (unpaired) electrons. The molecule has 2 rings (SSSR count). The molecule has 1 fully saturated rings. The van der Waals surface area contributed by atoms with E-state index in [1.165, 1.54) is 6.07 Å². The third-order valence-corrected chi connectivity index (χ3v) is 4.35. The number of hydrogen-bond donors (Lipinski definition) is 2. The summed E-state index contributed by atoms with van der Waals surface area (Å²) in [5.74, 6) is -1.00. The van der Waals surface area contributed by atoms with Crippen LogP contribution in [0.15, 0.2) is 24.3 Å². The number of benzene rings is 1. The normalized spacial score (nSPS) is 23.7. The Morgan fingerprint density at radius 1 is 1.38 bits per heavy atom. The molecule has 1 unspecified atom stereocenters. The van der Waals surface area contributed by atoms with E-state index in [4.69, 9.17) is 5.11 Å². The maximum Gasteiger partial charge on any atom is 0.306 e. The number of aliphatic carboxylic acids is 1. The second-order valence-corrected chi connectivity index (χ2v) is 6.12. The third-order valence-electron chi connectivity index (χ3n) is 4.35. The van der Waals surface area contributed by atoms with E-state index in [1.54, 1.807) is 12.1 Å². The quantitative estimate of drug-likeness (QED) is 0.845. The van der Waals surface area contributed by atoms with Gasteiger partial charge in [-0.25, -0.2) is 4.39 Å². The van der Waals surface area contributed by atoms with Gasteiger partial charge >= 0.3 is 5.97 Å². The van der Waals surface area contributed by atoms with Crippen LogP contribution in [0.25, 0.3) is 0 Å². The fraction of sp³-hybridized carbons (Fsp3) is 0.588. The van der Waals surface area contributed by atoms with Crippen molar-refractivity contribution in [2.75, 3.05) is 0 Å². The molecule has 4 heteroatoms. The molecule has 0 aliphatic heterocycles. The highest BCUT2D eigenvalue weighted by Gasteiger charge is 2.26. The zero-order valence-corrected chi connectivity index (χ0v) is 12.5. The van der Waals surface area contributed by atoms with Crippen molar-refractivity contribution < 1.29 is 14.3 Å². The summed E-state index contributed by atoms with van der Waals surface area (Å²) in [5.41, 5.74) is 1.03. The summed E-state index contributed by atoms with van der Waals surface area (Å²) in [6.45, 7) is 2.14. The minimum Gasteiger partial charge on any atom is -0.481 e. The first-order valence-corrected chi connectivity index (χ1v) is 7.78. The lowest BCUT2D eigenvalue weighted by Gasteiger charge is -2.29. The third kappa shape index (κ3) is 5.12. The molecule has 1 aromatic rings. The standard InChI is InChI=1S/C17H24FNO2/c1-12(5-6-13-3-2-4-15(18)11-13)19-16-9-7-14(8-10-16)17(20)21/h2-4,11-12,14,16,19H,5-10H2,1H3,(H,20,21). The number of aryl methyl sites for hydroxylation is 1. The Bertz CT molecular complexity index is 470. The minimum atomic E-state index is -0.660. The smallest absolute Gasteiger partial charge is 0.306 e. The molecule has 1 aromatic carbocycles. The molecule has 21 heavy (non-hydrogen) atoms. The zero-order chi connectivity index (χ0) is 15.2. The lowest BCUT2D eigenvalue weighted by atomic mass is 9.85. The van der Waals surface area contributed by atoms with Gasteiger partial charge in [-0.1, -0.05) is 12.1 Å². The lowest BCUT2D eigenvalue weighted by molar-refractivity contribution is -0.142. The first-order valence-electron chi connectivity index (χ1n) is 7.78. The van der Waals surface area contributed by atoms with Gasteiger partial charge in [0.05, 0.1) is 5.92 Å². The predicted molar refractivity (Wildman–Crippen MR) is 80.7 cm³/mol. The number of carboxylic acids is 1. The van der Waals surface area contributed by atoms with Crippen molar-refractivity contribution in [2.24, 2.45) is 5.92 Å². The summed E-state index contributed by atoms with van der Waals surface area (Å²) >= 11 is 0. The molecule has 1 atom stereocenters. The molecular weight excluding hydrogens is 269 g/mol. The van der Waals surface area contributed by atoms with Gasteiger partial charge in [0, 0.05) is 12.1 Å². The van der Waals surface area contributed by atoms with Crippen LogP contribution in [0.1, 0.15) is 44.6 Å². The molecular formula is C17H24FNO2. The molecule has 116 valence electrons. The maximum absolute atomic E-state index is 13.1. The van der Waals surface area contributed by atoms with Crippen molar-refractivity contribution in [3.8, 4) is 0 Å². The van der Waals surface area contributed by atoms with Crippen molar-refractivity contribution in [1.29, 1.82) is 0 Å². The number of rotatable bonds is 6. The fourth-order valence-corrected chi connectivity index (χ4v) is 3.07. The van der Waals surface area contributed by atoms with E-state index in [1.807, 2.05) is 6.07 Å². The summed E-state index contributed by atoms with van der Waals surface area (Å²) in [6, 6.07) is 7.53. The molecule has 2 N–H and O–H groups in total. The van der Waals surface area contributed by atoms with Gasteiger partial charge in [0.15, 0.2) is 0 Å². The molecule has 0 aromatic heterocycles. The summed E-state index contributed by atoms with van der Waals surface area (Å²) in [4.78, 5) is 10.9. The van der Waals surface area contributed by atoms with Crippen LogP contribution in [0.2, 0.25) is 0 Å². The molecule has 0 bridgehead atoms. The van der Waals surface area contributed by atoms with Gasteiger partial charge < -0.3 is 10.4 Å². The Morgan fingerprint density at radius 2 is 2.10 bits per heavy atom. The molecule has 3 nitrogen and oxygen atoms in total. The first kappa shape index (κ1) is 16.0. The van der Waals surface area contributed by atoms with Gasteiger partial charge in [-0.2, -0.15) is 0 Å². The first-order chi connectivity index (χ1) is 10.0. The van der Waals surface area contributed by atoms with Crippen LogP contribution in [0, 0.1) is 11.7 Å². The Hall–Kier alpha value is -1.42. The lowest BCUT2D eigenvalue weighted by Crippen LogP contribution is -2.40. The van der Waals surface area contributed by atoms with Crippen LogP contribution >= 0.6 is 0 Å². The molecule has 1 saturated carbocycles. The molecule has 0 amide bonds. The van der Waals surface area contributed by atoms with E-state index < -0.39 is 5.97 Å². The number of carboxylic acid groups (broad SMARTS) is 1. The number of hydrogen-bond acceptors (Lipinski definition) is 2. The van der Waals surface area contributed by atoms with Crippen molar-refractivity contribution in [3.05, 3.63) is 35.6 Å². The van der Waals surface area contributed by atoms with Gasteiger partial charge in [-0.05, 0) is 63.1 Å². The summed E-state index contributed by atoms with van der Waals surface area (Å²) in [7, 11) is 0. The van der Waals surface area contributed by atoms with Crippen LogP contribution in [-0.4, -0.2) is 23.2 Å². The zero-order valence-electron chi connectivity index (χ0n) is 12.5. The van der Waals surface area contributed by atoms with Crippen LogP contribution in [-0.2, 0) is 11.2 Å². The van der Waals surface area contributed by atoms with E-state index in [9.17, 15) is 9.18 Å². The number of nitrogens with one attached hydrogen (secondary N) is 1. The second kappa shape index (κ2) is 7.55. The van der Waals surface area contributed by atoms with Gasteiger partial charge in [-0.3, -0.25) is 4.79 Å². The summed E-state index contributed by atoms with van der Waals surface area (Å²) in [6.07, 6.45) is 5.22. The Kier molecular flexibility index (Phi) is 5.74. The van der Waals surface area contributed by atoms with Crippen LogP contribution < -0.4 is 5.32 Å². The Labute approximate surface area is 125 Å². The minimum absolute atomic E-state index is 0.161. The fourth-order valence-electron chi connectivity index (χ4n) is 3.07. The molecule has 1 aliphatic rings. The van der Waals surface area contributed by atoms with Crippen LogP contribution in [0.4, 0.5) is 4.39 Å².